The molecule has 0 aliphatic carbocycles. The molecule has 6 atom stereocenters. The fraction of sp³-hybridized carbons (Fsp3) is 0.500. The monoisotopic (exact) mass is 1120 g/mol. The summed E-state index contributed by atoms with van der Waals surface area (Å²) in [4.78, 5) is 67.2. The topological polar surface area (TPSA) is 244 Å². The standard InChI is InChI=1S/C64H80N10O8/c1-9-73-54-19-16-44-33-49(54)51(57(73)50-30-41(35-68-55(50)40(4)80-8)12-10-23-72-25-21-64(36-65,37-66)22-26-72)34-63(5,6)38-82-62(79)52-13-11-24-74(70-52)60(77)53(31-42-28-45(44)32-47(75)29-42)69-59(76)56(39(2)3)71(7)61(78)58-48(20-27-81-58)43-14-17-46(67)18-15-43/h14-19,28-30,32-33,35,39-40,48,52-53,56,58,70,75H,9,11,13,20-27,31,34,36,38,65,67H2,1-8H3,(H,69,76)/t40-,48+,52-,53-,56-,58+/m0/s1. The molecule has 5 aromatic rings. The molecule has 3 fully saturated rings. The van der Waals surface area contributed by atoms with Crippen molar-refractivity contribution in [2.45, 2.75) is 129 Å². The molecule has 0 spiro atoms. The van der Waals surface area contributed by atoms with Gasteiger partial charge in [-0.15, -0.1) is 0 Å². The van der Waals surface area contributed by atoms with Crippen LogP contribution in [0.15, 0.2) is 72.9 Å². The summed E-state index contributed by atoms with van der Waals surface area (Å²) >= 11 is 0. The summed E-state index contributed by atoms with van der Waals surface area (Å²) in [6, 6.07) is 20.3. The van der Waals surface area contributed by atoms with Crippen LogP contribution in [-0.2, 0) is 52.8 Å². The number of benzene rings is 3. The van der Waals surface area contributed by atoms with Crippen molar-refractivity contribution in [1.82, 2.24) is 35.1 Å². The Morgan fingerprint density at radius 2 is 1.78 bits per heavy atom. The van der Waals surface area contributed by atoms with E-state index < -0.39 is 52.8 Å². The number of nitrogens with one attached hydrogen (secondary N) is 2. The van der Waals surface area contributed by atoms with Crippen LogP contribution in [-0.4, -0.2) is 137 Å². The molecule has 434 valence electrons. The van der Waals surface area contributed by atoms with Crippen molar-refractivity contribution < 1.29 is 38.5 Å². The van der Waals surface area contributed by atoms with Crippen LogP contribution in [0.4, 0.5) is 5.69 Å². The van der Waals surface area contributed by atoms with Gasteiger partial charge in [-0.25, -0.2) is 5.43 Å². The number of piperidine rings is 1. The number of phenolic OH excluding ortho intramolecular Hbond substituents is 1. The van der Waals surface area contributed by atoms with Crippen LogP contribution in [0.3, 0.4) is 0 Å². The molecule has 18 heteroatoms. The maximum absolute atomic E-state index is 15.0. The Hall–Kier alpha value is -7.32. The number of nitrogens with zero attached hydrogens (tertiary/aromatic N) is 6. The highest BCUT2D eigenvalue weighted by atomic mass is 16.5. The van der Waals surface area contributed by atoms with Gasteiger partial charge in [0.05, 0.1) is 42.1 Å². The first-order chi connectivity index (χ1) is 39.3. The maximum atomic E-state index is 15.0. The number of nitrogens with two attached hydrogens (primary N) is 2. The van der Waals surface area contributed by atoms with Crippen molar-refractivity contribution in [3.05, 3.63) is 101 Å². The molecule has 4 aliphatic rings. The zero-order valence-corrected chi connectivity index (χ0v) is 48.7. The van der Waals surface area contributed by atoms with E-state index in [0.717, 1.165) is 63.2 Å². The number of rotatable bonds is 12. The third-order valence-corrected chi connectivity index (χ3v) is 17.1. The first-order valence-corrected chi connectivity index (χ1v) is 28.9. The number of carbonyl (C=O) groups excluding carboxylic acids is 4. The molecule has 3 amide bonds. The minimum atomic E-state index is -1.20. The number of esters is 1. The number of fused-ring (bicyclic) bond motifs is 6. The van der Waals surface area contributed by atoms with Gasteiger partial charge < -0.3 is 45.6 Å². The maximum Gasteiger partial charge on any atom is 0.324 e. The molecular weight excluding hydrogens is 1040 g/mol. The van der Waals surface area contributed by atoms with Gasteiger partial charge in [-0.05, 0) is 129 Å². The average Bonchev–Trinajstić information content (AvgIpc) is 4.24. The zero-order chi connectivity index (χ0) is 58.6. The van der Waals surface area contributed by atoms with Crippen molar-refractivity contribution in [1.29, 1.82) is 5.26 Å². The predicted molar refractivity (Wildman–Crippen MR) is 314 cm³/mol. The number of ether oxygens (including phenoxy) is 3. The lowest BCUT2D eigenvalue weighted by atomic mass is 9.80. The summed E-state index contributed by atoms with van der Waals surface area (Å²) in [5.74, 6) is 4.24. The number of aromatic nitrogens is 2. The summed E-state index contributed by atoms with van der Waals surface area (Å²) in [5, 5.41) is 26.7. The molecule has 4 aliphatic heterocycles. The minimum Gasteiger partial charge on any atom is -0.508 e. The number of nitriles is 1. The summed E-state index contributed by atoms with van der Waals surface area (Å²) in [6.07, 6.45) is 3.94. The van der Waals surface area contributed by atoms with E-state index in [9.17, 15) is 29.5 Å². The average molecular weight is 1120 g/mol. The van der Waals surface area contributed by atoms with E-state index in [0.29, 0.717) is 81.6 Å². The van der Waals surface area contributed by atoms with Gasteiger partial charge in [0, 0.05) is 105 Å². The summed E-state index contributed by atoms with van der Waals surface area (Å²) in [7, 11) is 3.26. The molecule has 9 rings (SSSR count). The van der Waals surface area contributed by atoms with Crippen molar-refractivity contribution in [3.8, 4) is 46.0 Å². The van der Waals surface area contributed by atoms with E-state index >= 15 is 0 Å². The Morgan fingerprint density at radius 3 is 2.48 bits per heavy atom. The van der Waals surface area contributed by atoms with Crippen LogP contribution in [0, 0.1) is 39.9 Å². The number of methoxy groups -OCH3 is 1. The Bertz CT molecular complexity index is 3290. The van der Waals surface area contributed by atoms with Gasteiger partial charge in [0.1, 0.15) is 30.0 Å². The van der Waals surface area contributed by atoms with E-state index in [1.54, 1.807) is 44.6 Å². The number of hydrazine groups is 1. The third kappa shape index (κ3) is 12.7. The van der Waals surface area contributed by atoms with E-state index in [2.05, 4.69) is 77.1 Å². The number of cyclic esters (lactones) is 1. The summed E-state index contributed by atoms with van der Waals surface area (Å²) < 4.78 is 20.5. The van der Waals surface area contributed by atoms with Gasteiger partial charge in [0.15, 0.2) is 0 Å². The first-order valence-electron chi connectivity index (χ1n) is 28.9. The van der Waals surface area contributed by atoms with Gasteiger partial charge in [0.25, 0.3) is 11.8 Å². The number of aryl methyl sites for hydroxylation is 1. The molecule has 82 heavy (non-hydrogen) atoms. The molecule has 0 saturated carbocycles. The SMILES string of the molecule is CCn1c(-c2cc(C#CCN3CCC(C#N)(CN)CC3)cnc2[C@H](C)OC)c2c3cc(ccc31)-c1cc(O)cc(c1)C[C@H](NC(=O)[C@H](C(C)C)N(C)C(=O)[C@@H]1OCC[C@@H]1c1ccc(N)cc1)C(=O)N1CCC[C@H](N1)C(=O)OCC(C)(C)C2. The fourth-order valence-electron chi connectivity index (χ4n) is 12.4. The number of carbonyl (C=O) groups is 4. The van der Waals surface area contributed by atoms with Gasteiger partial charge in [-0.1, -0.05) is 63.8 Å². The third-order valence-electron chi connectivity index (χ3n) is 17.1. The van der Waals surface area contributed by atoms with Crippen LogP contribution in [0.1, 0.15) is 114 Å². The quantitative estimate of drug-likeness (QED) is 0.0480. The second-order valence-corrected chi connectivity index (χ2v) is 23.9. The number of pyridine rings is 1. The van der Waals surface area contributed by atoms with Crippen molar-refractivity contribution in [2.24, 2.45) is 22.5 Å². The van der Waals surface area contributed by atoms with Crippen LogP contribution >= 0.6 is 0 Å². The number of likely N-dealkylation sites (tertiary alicyclic amines) is 1. The highest BCUT2D eigenvalue weighted by Crippen LogP contribution is 2.43. The van der Waals surface area contributed by atoms with E-state index in [1.165, 1.54) is 9.91 Å². The van der Waals surface area contributed by atoms with E-state index in [4.69, 9.17) is 30.7 Å². The van der Waals surface area contributed by atoms with Crippen molar-refractivity contribution in [2.75, 3.05) is 65.8 Å². The molecule has 7 N–H and O–H groups in total. The Kier molecular flexibility index (Phi) is 18.1. The lowest BCUT2D eigenvalue weighted by molar-refractivity contribution is -0.155. The second kappa shape index (κ2) is 25.0. The van der Waals surface area contributed by atoms with Crippen LogP contribution in [0.5, 0.6) is 5.75 Å². The molecule has 0 radical (unpaired) electrons. The number of amides is 3. The number of likely N-dealkylation sites (N-methyl/N-ethyl adjacent to an activating group) is 1. The molecule has 3 aromatic carbocycles. The highest BCUT2D eigenvalue weighted by molar-refractivity contribution is 5.96. The Balaban J connectivity index is 1.10. The molecule has 6 bridgehead atoms. The highest BCUT2D eigenvalue weighted by Gasteiger charge is 2.43. The Labute approximate surface area is 481 Å². The van der Waals surface area contributed by atoms with Gasteiger partial charge >= 0.3 is 5.97 Å². The molecule has 6 heterocycles. The van der Waals surface area contributed by atoms with Crippen LogP contribution in [0.25, 0.3) is 33.3 Å². The number of aromatic hydroxyl groups is 1. The number of nitrogen functional groups attached to an aromatic ring is 1. The predicted octanol–water partition coefficient (Wildman–Crippen LogP) is 7.01. The second-order valence-electron chi connectivity index (χ2n) is 23.9. The van der Waals surface area contributed by atoms with E-state index in [1.807, 2.05) is 45.0 Å². The molecule has 0 unspecified atom stereocenters. The number of hydrogen-bond donors (Lipinski definition) is 5. The minimum absolute atomic E-state index is 0.0301. The normalized spacial score (nSPS) is 21.8. The smallest absolute Gasteiger partial charge is 0.324 e. The zero-order valence-electron chi connectivity index (χ0n) is 48.7. The fourth-order valence-corrected chi connectivity index (χ4v) is 12.4. The molecular formula is C64H80N10O8. The molecule has 2 aromatic heterocycles. The van der Waals surface area contributed by atoms with E-state index in [-0.39, 0.29) is 49.2 Å². The lowest BCUT2D eigenvalue weighted by Gasteiger charge is -2.37. The largest absolute Gasteiger partial charge is 0.508 e. The van der Waals surface area contributed by atoms with Gasteiger partial charge in [0.2, 0.25) is 5.91 Å². The van der Waals surface area contributed by atoms with Crippen molar-refractivity contribution in [3.63, 3.8) is 0 Å². The Morgan fingerprint density at radius 1 is 1.02 bits per heavy atom. The summed E-state index contributed by atoms with van der Waals surface area (Å²) in [6.45, 7) is 15.6. The van der Waals surface area contributed by atoms with Crippen molar-refractivity contribution >= 4 is 40.3 Å². The molecule has 3 saturated heterocycles. The van der Waals surface area contributed by atoms with Crippen LogP contribution < -0.4 is 22.2 Å². The van der Waals surface area contributed by atoms with Crippen LogP contribution in [0.2, 0.25) is 0 Å². The number of hydrogen-bond acceptors (Lipinski definition) is 14. The molecule has 18 nitrogen and oxygen atoms in total. The first kappa shape index (κ1) is 59.3. The number of anilines is 1. The number of phenols is 1. The van der Waals surface area contributed by atoms with Gasteiger partial charge in [-0.3, -0.25) is 34.1 Å². The summed E-state index contributed by atoms with van der Waals surface area (Å²) in [5.41, 5.74) is 22.9. The van der Waals surface area contributed by atoms with Gasteiger partial charge in [-0.2, -0.15) is 5.26 Å². The lowest BCUT2D eigenvalue weighted by Crippen LogP contribution is -2.62.